The third-order valence-electron chi connectivity index (χ3n) is 5.19. The van der Waals surface area contributed by atoms with E-state index in [9.17, 15) is 9.59 Å². The SMILES string of the molecule is CCN(C(=O)CCCOc1cccc2ccc(=O)[nH]c12)C1CCCCC1. The minimum Gasteiger partial charge on any atom is -0.491 e. The van der Waals surface area contributed by atoms with E-state index in [0.29, 0.717) is 36.8 Å². The average Bonchev–Trinajstić information content (AvgIpc) is 2.67. The smallest absolute Gasteiger partial charge is 0.248 e. The molecule has 1 heterocycles. The molecule has 1 aliphatic rings. The summed E-state index contributed by atoms with van der Waals surface area (Å²) in [6.45, 7) is 3.31. The summed E-state index contributed by atoms with van der Waals surface area (Å²) in [5.41, 5.74) is 0.568. The highest BCUT2D eigenvalue weighted by Gasteiger charge is 2.23. The van der Waals surface area contributed by atoms with E-state index in [-0.39, 0.29) is 11.5 Å². The van der Waals surface area contributed by atoms with Crippen LogP contribution in [0.5, 0.6) is 5.75 Å². The second kappa shape index (κ2) is 8.88. The number of nitrogens with one attached hydrogen (secondary N) is 1. The first-order chi connectivity index (χ1) is 12.7. The molecule has 0 spiro atoms. The van der Waals surface area contributed by atoms with E-state index in [1.165, 1.54) is 25.3 Å². The fourth-order valence-electron chi connectivity index (χ4n) is 3.85. The van der Waals surface area contributed by atoms with Crippen LogP contribution < -0.4 is 10.3 Å². The summed E-state index contributed by atoms with van der Waals surface area (Å²) in [6.07, 6.45) is 7.22. The molecule has 140 valence electrons. The number of pyridine rings is 1. The Morgan fingerprint density at radius 2 is 2.00 bits per heavy atom. The van der Waals surface area contributed by atoms with Gasteiger partial charge in [-0.3, -0.25) is 9.59 Å². The zero-order valence-corrected chi connectivity index (χ0v) is 15.5. The maximum atomic E-state index is 12.6. The van der Waals surface area contributed by atoms with Crippen molar-refractivity contribution in [1.82, 2.24) is 9.88 Å². The Balaban J connectivity index is 1.53. The first kappa shape index (κ1) is 18.5. The number of carbonyl (C=O) groups excluding carboxylic acids is 1. The first-order valence-corrected chi connectivity index (χ1v) is 9.73. The lowest BCUT2D eigenvalue weighted by Crippen LogP contribution is -2.41. The molecule has 5 heteroatoms. The number of carbonyl (C=O) groups is 1. The van der Waals surface area contributed by atoms with Gasteiger partial charge in [0.05, 0.1) is 12.1 Å². The quantitative estimate of drug-likeness (QED) is 0.766. The molecule has 1 aromatic heterocycles. The van der Waals surface area contributed by atoms with Crippen LogP contribution in [-0.4, -0.2) is 35.0 Å². The topological polar surface area (TPSA) is 62.4 Å². The summed E-state index contributed by atoms with van der Waals surface area (Å²) in [5.74, 6) is 0.890. The van der Waals surface area contributed by atoms with Crippen LogP contribution in [0.15, 0.2) is 35.1 Å². The van der Waals surface area contributed by atoms with Crippen molar-refractivity contribution in [3.63, 3.8) is 0 Å². The molecule has 1 N–H and O–H groups in total. The number of hydrogen-bond donors (Lipinski definition) is 1. The van der Waals surface area contributed by atoms with Crippen molar-refractivity contribution in [2.24, 2.45) is 0 Å². The Morgan fingerprint density at radius 3 is 2.77 bits per heavy atom. The Hall–Kier alpha value is -2.30. The Kier molecular flexibility index (Phi) is 6.31. The van der Waals surface area contributed by atoms with Gasteiger partial charge < -0.3 is 14.6 Å². The van der Waals surface area contributed by atoms with Crippen molar-refractivity contribution in [2.45, 2.75) is 57.9 Å². The molecule has 1 saturated carbocycles. The molecule has 3 rings (SSSR count). The van der Waals surface area contributed by atoms with E-state index in [4.69, 9.17) is 4.74 Å². The van der Waals surface area contributed by atoms with Gasteiger partial charge in [-0.1, -0.05) is 31.4 Å². The van der Waals surface area contributed by atoms with E-state index in [1.807, 2.05) is 18.2 Å². The molecule has 26 heavy (non-hydrogen) atoms. The maximum absolute atomic E-state index is 12.6. The van der Waals surface area contributed by atoms with Crippen molar-refractivity contribution in [3.05, 3.63) is 40.7 Å². The molecule has 1 amide bonds. The van der Waals surface area contributed by atoms with Crippen LogP contribution in [0.25, 0.3) is 10.9 Å². The Labute approximate surface area is 154 Å². The third-order valence-corrected chi connectivity index (χ3v) is 5.19. The van der Waals surface area contributed by atoms with Gasteiger partial charge in [0.1, 0.15) is 5.75 Å². The van der Waals surface area contributed by atoms with Gasteiger partial charge in [0.2, 0.25) is 11.5 Å². The summed E-state index contributed by atoms with van der Waals surface area (Å²) in [4.78, 5) is 29.0. The highest BCUT2D eigenvalue weighted by Crippen LogP contribution is 2.24. The summed E-state index contributed by atoms with van der Waals surface area (Å²) in [7, 11) is 0. The van der Waals surface area contributed by atoms with Crippen LogP contribution in [0.2, 0.25) is 0 Å². The number of hydrogen-bond acceptors (Lipinski definition) is 3. The highest BCUT2D eigenvalue weighted by molar-refractivity contribution is 5.84. The standard InChI is InChI=1S/C21H28N2O3/c1-2-23(17-9-4-3-5-10-17)20(25)12-7-15-26-18-11-6-8-16-13-14-19(24)22-21(16)18/h6,8,11,13-14,17H,2-5,7,9-10,12,15H2,1H3,(H,22,24). The molecule has 2 aromatic rings. The van der Waals surface area contributed by atoms with Crippen LogP contribution in [-0.2, 0) is 4.79 Å². The predicted molar refractivity (Wildman–Crippen MR) is 104 cm³/mol. The second-order valence-electron chi connectivity index (χ2n) is 6.97. The molecule has 0 atom stereocenters. The van der Waals surface area contributed by atoms with Gasteiger partial charge in [0.25, 0.3) is 0 Å². The van der Waals surface area contributed by atoms with Gasteiger partial charge >= 0.3 is 0 Å². The summed E-state index contributed by atoms with van der Waals surface area (Å²) in [6, 6.07) is 9.41. The van der Waals surface area contributed by atoms with Gasteiger partial charge in [0.15, 0.2) is 0 Å². The number of aromatic nitrogens is 1. The first-order valence-electron chi connectivity index (χ1n) is 9.73. The minimum atomic E-state index is -0.144. The molecule has 0 aliphatic heterocycles. The molecule has 1 aromatic carbocycles. The Bertz CT molecular complexity index is 793. The van der Waals surface area contributed by atoms with Crippen LogP contribution in [0.4, 0.5) is 0 Å². The van der Waals surface area contributed by atoms with Crippen LogP contribution in [0.3, 0.4) is 0 Å². The van der Waals surface area contributed by atoms with Crippen molar-refractivity contribution in [2.75, 3.05) is 13.2 Å². The molecule has 0 saturated heterocycles. The number of amides is 1. The second-order valence-corrected chi connectivity index (χ2v) is 6.97. The van der Waals surface area contributed by atoms with Gasteiger partial charge in [-0.15, -0.1) is 0 Å². The summed E-state index contributed by atoms with van der Waals surface area (Å²) < 4.78 is 5.84. The Morgan fingerprint density at radius 1 is 1.19 bits per heavy atom. The molecule has 5 nitrogen and oxygen atoms in total. The van der Waals surface area contributed by atoms with Gasteiger partial charge in [-0.2, -0.15) is 0 Å². The number of aromatic amines is 1. The average molecular weight is 356 g/mol. The van der Waals surface area contributed by atoms with Gasteiger partial charge in [-0.05, 0) is 38.3 Å². The van der Waals surface area contributed by atoms with E-state index >= 15 is 0 Å². The highest BCUT2D eigenvalue weighted by atomic mass is 16.5. The lowest BCUT2D eigenvalue weighted by Gasteiger charge is -2.33. The number of ether oxygens (including phenoxy) is 1. The van der Waals surface area contributed by atoms with Crippen LogP contribution >= 0.6 is 0 Å². The number of rotatable bonds is 7. The third kappa shape index (κ3) is 4.45. The molecule has 0 radical (unpaired) electrons. The maximum Gasteiger partial charge on any atom is 0.248 e. The summed E-state index contributed by atoms with van der Waals surface area (Å²) >= 11 is 0. The van der Waals surface area contributed by atoms with Gasteiger partial charge in [0, 0.05) is 30.5 Å². The van der Waals surface area contributed by atoms with Crippen molar-refractivity contribution < 1.29 is 9.53 Å². The summed E-state index contributed by atoms with van der Waals surface area (Å²) in [5, 5.41) is 0.938. The zero-order valence-electron chi connectivity index (χ0n) is 15.5. The van der Waals surface area contributed by atoms with E-state index in [1.54, 1.807) is 6.07 Å². The number of H-pyrrole nitrogens is 1. The fraction of sp³-hybridized carbons (Fsp3) is 0.524. The fourth-order valence-corrected chi connectivity index (χ4v) is 3.85. The molecule has 0 bridgehead atoms. The van der Waals surface area contributed by atoms with Crippen molar-refractivity contribution in [1.29, 1.82) is 0 Å². The minimum absolute atomic E-state index is 0.144. The predicted octanol–water partition coefficient (Wildman–Crippen LogP) is 3.87. The number of fused-ring (bicyclic) bond motifs is 1. The van der Waals surface area contributed by atoms with E-state index < -0.39 is 0 Å². The monoisotopic (exact) mass is 356 g/mol. The molecule has 1 fully saturated rings. The number of benzene rings is 1. The van der Waals surface area contributed by atoms with Gasteiger partial charge in [-0.25, -0.2) is 0 Å². The van der Waals surface area contributed by atoms with E-state index in [0.717, 1.165) is 24.8 Å². The normalized spacial score (nSPS) is 15.1. The van der Waals surface area contributed by atoms with Crippen LogP contribution in [0.1, 0.15) is 51.9 Å². The number of nitrogens with zero attached hydrogens (tertiary/aromatic N) is 1. The number of para-hydroxylation sites is 1. The molecule has 1 aliphatic carbocycles. The zero-order chi connectivity index (χ0) is 18.4. The van der Waals surface area contributed by atoms with Crippen molar-refractivity contribution in [3.8, 4) is 5.75 Å². The lowest BCUT2D eigenvalue weighted by atomic mass is 9.94. The molecular formula is C21H28N2O3. The van der Waals surface area contributed by atoms with E-state index in [2.05, 4.69) is 16.8 Å². The largest absolute Gasteiger partial charge is 0.491 e. The molecule has 0 unspecified atom stereocenters. The van der Waals surface area contributed by atoms with Crippen molar-refractivity contribution >= 4 is 16.8 Å². The van der Waals surface area contributed by atoms with Crippen LogP contribution in [0, 0.1) is 0 Å². The molecular weight excluding hydrogens is 328 g/mol. The lowest BCUT2D eigenvalue weighted by molar-refractivity contribution is -0.134.